The van der Waals surface area contributed by atoms with Crippen LogP contribution in [-0.2, 0) is 11.2 Å². The molecule has 7 heteroatoms. The molecular formula is C23H24FN3O3. The first kappa shape index (κ1) is 20.1. The lowest BCUT2D eigenvalue weighted by molar-refractivity contribution is -0.116. The van der Waals surface area contributed by atoms with Gasteiger partial charge in [0.05, 0.1) is 5.56 Å². The molecule has 156 valence electrons. The number of fused-ring (bicyclic) bond motifs is 1. The molecule has 2 aliphatic rings. The molecule has 2 aliphatic heterocycles. The molecule has 2 aromatic rings. The highest BCUT2D eigenvalue weighted by Gasteiger charge is 2.27. The monoisotopic (exact) mass is 409 g/mol. The first-order chi connectivity index (χ1) is 14.5. The Morgan fingerprint density at radius 3 is 2.27 bits per heavy atom. The van der Waals surface area contributed by atoms with Crippen molar-refractivity contribution in [2.24, 2.45) is 0 Å². The van der Waals surface area contributed by atoms with Gasteiger partial charge in [0.25, 0.3) is 11.8 Å². The molecule has 0 N–H and O–H groups in total. The Balaban J connectivity index is 1.45. The fraction of sp³-hybridized carbons (Fsp3) is 0.348. The number of anilines is 1. The minimum absolute atomic E-state index is 0.0000407. The van der Waals surface area contributed by atoms with Crippen molar-refractivity contribution >= 4 is 23.4 Å². The lowest BCUT2D eigenvalue weighted by Gasteiger charge is -2.23. The predicted molar refractivity (Wildman–Crippen MR) is 111 cm³/mol. The maximum atomic E-state index is 14.0. The van der Waals surface area contributed by atoms with Crippen molar-refractivity contribution in [2.75, 3.05) is 37.6 Å². The Kier molecular flexibility index (Phi) is 5.53. The number of carbonyl (C=O) groups excluding carboxylic acids is 3. The lowest BCUT2D eigenvalue weighted by Crippen LogP contribution is -2.37. The summed E-state index contributed by atoms with van der Waals surface area (Å²) >= 11 is 0. The molecule has 2 heterocycles. The van der Waals surface area contributed by atoms with Crippen molar-refractivity contribution in [3.8, 4) is 0 Å². The van der Waals surface area contributed by atoms with Gasteiger partial charge >= 0.3 is 0 Å². The number of amides is 3. The number of rotatable bonds is 2. The van der Waals surface area contributed by atoms with Crippen molar-refractivity contribution in [2.45, 2.75) is 19.8 Å². The number of hydrogen-bond acceptors (Lipinski definition) is 3. The molecule has 3 amide bonds. The molecule has 4 rings (SSSR count). The zero-order valence-electron chi connectivity index (χ0n) is 16.9. The van der Waals surface area contributed by atoms with Crippen LogP contribution in [0.2, 0.25) is 0 Å². The van der Waals surface area contributed by atoms with E-state index in [-0.39, 0.29) is 23.3 Å². The second kappa shape index (κ2) is 8.26. The van der Waals surface area contributed by atoms with Gasteiger partial charge in [0.15, 0.2) is 0 Å². The van der Waals surface area contributed by atoms with E-state index in [0.717, 1.165) is 17.7 Å². The molecule has 0 saturated carbocycles. The number of halogens is 1. The molecule has 1 saturated heterocycles. The van der Waals surface area contributed by atoms with Crippen LogP contribution in [0.15, 0.2) is 42.5 Å². The molecule has 30 heavy (non-hydrogen) atoms. The van der Waals surface area contributed by atoms with Crippen LogP contribution in [-0.4, -0.2) is 60.2 Å². The van der Waals surface area contributed by atoms with Gasteiger partial charge in [-0.25, -0.2) is 4.39 Å². The molecular weight excluding hydrogens is 385 g/mol. The molecule has 0 unspecified atom stereocenters. The standard InChI is InChI=1S/C23H24FN3O3/c1-16(28)27-12-9-17-15-18(7-8-21(17)27)22(29)25-10-4-11-26(14-13-25)23(30)19-5-2-3-6-20(19)24/h2-3,5-8,15H,4,9-14H2,1H3. The Hall–Kier alpha value is -3.22. The topological polar surface area (TPSA) is 60.9 Å². The quantitative estimate of drug-likeness (QED) is 0.766. The summed E-state index contributed by atoms with van der Waals surface area (Å²) in [7, 11) is 0. The second-order valence-electron chi connectivity index (χ2n) is 7.68. The zero-order valence-corrected chi connectivity index (χ0v) is 16.9. The van der Waals surface area contributed by atoms with Gasteiger partial charge in [-0.1, -0.05) is 12.1 Å². The Morgan fingerprint density at radius 2 is 1.57 bits per heavy atom. The predicted octanol–water partition coefficient (Wildman–Crippen LogP) is 2.72. The highest BCUT2D eigenvalue weighted by Crippen LogP contribution is 2.29. The second-order valence-corrected chi connectivity index (χ2v) is 7.68. The van der Waals surface area contributed by atoms with Crippen LogP contribution < -0.4 is 4.90 Å². The third-order valence-electron chi connectivity index (χ3n) is 5.78. The third-order valence-corrected chi connectivity index (χ3v) is 5.78. The van der Waals surface area contributed by atoms with E-state index in [4.69, 9.17) is 0 Å². The summed E-state index contributed by atoms with van der Waals surface area (Å²) in [6.07, 6.45) is 1.37. The van der Waals surface area contributed by atoms with E-state index < -0.39 is 5.82 Å². The Morgan fingerprint density at radius 1 is 0.867 bits per heavy atom. The van der Waals surface area contributed by atoms with E-state index in [9.17, 15) is 18.8 Å². The first-order valence-corrected chi connectivity index (χ1v) is 10.2. The normalized spacial score (nSPS) is 16.3. The molecule has 2 aromatic carbocycles. The number of hydrogen-bond donors (Lipinski definition) is 0. The van der Waals surface area contributed by atoms with Crippen molar-refractivity contribution in [3.63, 3.8) is 0 Å². The van der Waals surface area contributed by atoms with Crippen LogP contribution >= 0.6 is 0 Å². The molecule has 0 atom stereocenters. The van der Waals surface area contributed by atoms with Crippen LogP contribution in [0.4, 0.5) is 10.1 Å². The highest BCUT2D eigenvalue weighted by atomic mass is 19.1. The molecule has 0 spiro atoms. The van der Waals surface area contributed by atoms with Crippen molar-refractivity contribution in [1.29, 1.82) is 0 Å². The van der Waals surface area contributed by atoms with E-state index in [2.05, 4.69) is 0 Å². The summed E-state index contributed by atoms with van der Waals surface area (Å²) in [6.45, 7) is 3.96. The molecule has 0 radical (unpaired) electrons. The largest absolute Gasteiger partial charge is 0.337 e. The summed E-state index contributed by atoms with van der Waals surface area (Å²) < 4.78 is 14.0. The number of nitrogens with zero attached hydrogens (tertiary/aromatic N) is 3. The molecule has 0 aliphatic carbocycles. The fourth-order valence-electron chi connectivity index (χ4n) is 4.17. The van der Waals surface area contributed by atoms with Crippen molar-refractivity contribution in [1.82, 2.24) is 9.80 Å². The summed E-state index contributed by atoms with van der Waals surface area (Å²) in [5, 5.41) is 0. The van der Waals surface area contributed by atoms with Crippen LogP contribution in [0.1, 0.15) is 39.6 Å². The molecule has 0 aromatic heterocycles. The van der Waals surface area contributed by atoms with Crippen LogP contribution in [0.3, 0.4) is 0 Å². The van der Waals surface area contributed by atoms with Gasteiger partial charge in [-0.2, -0.15) is 0 Å². The molecule has 1 fully saturated rings. The lowest BCUT2D eigenvalue weighted by atomic mass is 10.1. The van der Waals surface area contributed by atoms with Crippen molar-refractivity contribution in [3.05, 3.63) is 65.0 Å². The number of benzene rings is 2. The van der Waals surface area contributed by atoms with Gasteiger partial charge < -0.3 is 14.7 Å². The maximum absolute atomic E-state index is 14.0. The SMILES string of the molecule is CC(=O)N1CCc2cc(C(=O)N3CCCN(C(=O)c4ccccc4F)CC3)ccc21. The summed E-state index contributed by atoms with van der Waals surface area (Å²) in [5.41, 5.74) is 2.53. The number of carbonyl (C=O) groups is 3. The van der Waals surface area contributed by atoms with Gasteiger partial charge in [-0.15, -0.1) is 0 Å². The zero-order chi connectivity index (χ0) is 21.3. The van der Waals surface area contributed by atoms with Gasteiger partial charge in [0, 0.05) is 50.9 Å². The smallest absolute Gasteiger partial charge is 0.256 e. The van der Waals surface area contributed by atoms with E-state index in [1.165, 1.54) is 12.1 Å². The van der Waals surface area contributed by atoms with E-state index in [1.54, 1.807) is 39.8 Å². The average Bonchev–Trinajstić information content (AvgIpc) is 3.02. The van der Waals surface area contributed by atoms with Gasteiger partial charge in [-0.3, -0.25) is 14.4 Å². The van der Waals surface area contributed by atoms with E-state index in [0.29, 0.717) is 44.7 Å². The summed E-state index contributed by atoms with van der Waals surface area (Å²) in [4.78, 5) is 42.5. The van der Waals surface area contributed by atoms with Crippen LogP contribution in [0.5, 0.6) is 0 Å². The molecule has 6 nitrogen and oxygen atoms in total. The van der Waals surface area contributed by atoms with Gasteiger partial charge in [0.2, 0.25) is 5.91 Å². The average molecular weight is 409 g/mol. The summed E-state index contributed by atoms with van der Waals surface area (Å²) in [6, 6.07) is 11.4. The van der Waals surface area contributed by atoms with Gasteiger partial charge in [0.1, 0.15) is 5.82 Å². The van der Waals surface area contributed by atoms with E-state index in [1.807, 2.05) is 12.1 Å². The van der Waals surface area contributed by atoms with Crippen molar-refractivity contribution < 1.29 is 18.8 Å². The first-order valence-electron chi connectivity index (χ1n) is 10.2. The van der Waals surface area contributed by atoms with Crippen LogP contribution in [0.25, 0.3) is 0 Å². The Labute approximate surface area is 174 Å². The molecule has 0 bridgehead atoms. The highest BCUT2D eigenvalue weighted by molar-refractivity contribution is 5.98. The Bertz CT molecular complexity index is 1010. The maximum Gasteiger partial charge on any atom is 0.256 e. The van der Waals surface area contributed by atoms with Gasteiger partial charge in [-0.05, 0) is 48.7 Å². The van der Waals surface area contributed by atoms with E-state index >= 15 is 0 Å². The fourth-order valence-corrected chi connectivity index (χ4v) is 4.17. The third kappa shape index (κ3) is 3.79. The minimum atomic E-state index is -0.530. The van der Waals surface area contributed by atoms with Crippen LogP contribution in [0, 0.1) is 5.82 Å². The minimum Gasteiger partial charge on any atom is -0.337 e. The summed E-state index contributed by atoms with van der Waals surface area (Å²) in [5.74, 6) is -0.957.